The molecule has 4 N–H and O–H groups in total. The second kappa shape index (κ2) is 7.32. The number of nitrogens with zero attached hydrogens (tertiary/aromatic N) is 1. The highest BCUT2D eigenvalue weighted by atomic mass is 35.5. The topological polar surface area (TPSA) is 106 Å². The standard InChI is InChI=1S/C11H17ClN4O3S/c1-19-10-4-3-8(7-9(10)12)16-11(13)14-5-6-15-20(2,17)18/h3-4,7,15H,5-6H2,1-2H3,(H3,13,14,16). The van der Waals surface area contributed by atoms with Gasteiger partial charge in [-0.15, -0.1) is 0 Å². The average Bonchev–Trinajstić information content (AvgIpc) is 2.34. The van der Waals surface area contributed by atoms with Gasteiger partial charge >= 0.3 is 0 Å². The molecule has 1 rings (SSSR count). The minimum atomic E-state index is -3.21. The maximum Gasteiger partial charge on any atom is 0.208 e. The van der Waals surface area contributed by atoms with Crippen LogP contribution in [0.5, 0.6) is 5.75 Å². The zero-order valence-corrected chi connectivity index (χ0v) is 12.8. The Morgan fingerprint density at radius 3 is 2.75 bits per heavy atom. The Morgan fingerprint density at radius 1 is 1.50 bits per heavy atom. The molecule has 0 aromatic heterocycles. The molecule has 0 atom stereocenters. The maximum atomic E-state index is 10.8. The summed E-state index contributed by atoms with van der Waals surface area (Å²) in [6.07, 6.45) is 1.08. The molecule has 1 aromatic rings. The van der Waals surface area contributed by atoms with Crippen molar-refractivity contribution in [2.75, 3.05) is 31.8 Å². The van der Waals surface area contributed by atoms with Crippen LogP contribution in [0.1, 0.15) is 0 Å². The van der Waals surface area contributed by atoms with Crippen molar-refractivity contribution in [1.29, 1.82) is 0 Å². The van der Waals surface area contributed by atoms with Gasteiger partial charge in [0.05, 0.1) is 24.9 Å². The first kappa shape index (κ1) is 16.5. The number of anilines is 1. The zero-order chi connectivity index (χ0) is 15.2. The molecule has 0 heterocycles. The van der Waals surface area contributed by atoms with Gasteiger partial charge in [-0.2, -0.15) is 0 Å². The van der Waals surface area contributed by atoms with Crippen molar-refractivity contribution in [3.05, 3.63) is 23.2 Å². The number of guanidine groups is 1. The molecule has 112 valence electrons. The summed E-state index contributed by atoms with van der Waals surface area (Å²) in [4.78, 5) is 3.98. The van der Waals surface area contributed by atoms with Crippen molar-refractivity contribution < 1.29 is 13.2 Å². The molecule has 0 fully saturated rings. The molecule has 0 aliphatic carbocycles. The van der Waals surface area contributed by atoms with Crippen molar-refractivity contribution >= 4 is 33.3 Å². The number of aliphatic imine (C=N–C) groups is 1. The summed E-state index contributed by atoms with van der Waals surface area (Å²) in [7, 11) is -1.68. The predicted molar refractivity (Wildman–Crippen MR) is 81.0 cm³/mol. The SMILES string of the molecule is COc1ccc(NC(N)=NCCNS(C)(=O)=O)cc1Cl. The molecule has 0 aliphatic rings. The predicted octanol–water partition coefficient (Wildman–Crippen LogP) is 0.624. The third-order valence-electron chi connectivity index (χ3n) is 2.18. The van der Waals surface area contributed by atoms with Crippen LogP contribution in [0.25, 0.3) is 0 Å². The van der Waals surface area contributed by atoms with E-state index >= 15 is 0 Å². The molecule has 0 aliphatic heterocycles. The second-order valence-electron chi connectivity index (χ2n) is 3.91. The molecule has 1 aromatic carbocycles. The Balaban J connectivity index is 2.53. The third-order valence-corrected chi connectivity index (χ3v) is 3.21. The molecule has 0 saturated carbocycles. The first-order chi connectivity index (χ1) is 9.31. The van der Waals surface area contributed by atoms with Crippen LogP contribution in [0, 0.1) is 0 Å². The summed E-state index contributed by atoms with van der Waals surface area (Å²) in [6.45, 7) is 0.417. The van der Waals surface area contributed by atoms with Crippen LogP contribution in [0.2, 0.25) is 5.02 Å². The van der Waals surface area contributed by atoms with Gasteiger partial charge in [0.15, 0.2) is 5.96 Å². The Bertz CT molecular complexity index is 589. The molecule has 0 bridgehead atoms. The molecular weight excluding hydrogens is 304 g/mol. The minimum absolute atomic E-state index is 0.168. The van der Waals surface area contributed by atoms with E-state index in [0.717, 1.165) is 6.26 Å². The summed E-state index contributed by atoms with van der Waals surface area (Å²) >= 11 is 5.97. The van der Waals surface area contributed by atoms with Gasteiger partial charge in [-0.05, 0) is 18.2 Å². The molecule has 0 saturated heterocycles. The number of hydrogen-bond acceptors (Lipinski definition) is 4. The number of methoxy groups -OCH3 is 1. The highest BCUT2D eigenvalue weighted by molar-refractivity contribution is 7.88. The van der Waals surface area contributed by atoms with Crippen molar-refractivity contribution in [1.82, 2.24) is 4.72 Å². The highest BCUT2D eigenvalue weighted by Gasteiger charge is 2.03. The van der Waals surface area contributed by atoms with Gasteiger partial charge in [0, 0.05) is 12.2 Å². The fourth-order valence-electron chi connectivity index (χ4n) is 1.34. The number of hydrogen-bond donors (Lipinski definition) is 3. The number of sulfonamides is 1. The third kappa shape index (κ3) is 6.09. The van der Waals surface area contributed by atoms with Crippen LogP contribution >= 0.6 is 11.6 Å². The van der Waals surface area contributed by atoms with Gasteiger partial charge in [0.1, 0.15) is 5.75 Å². The molecule has 0 amide bonds. The summed E-state index contributed by atoms with van der Waals surface area (Å²) in [5, 5.41) is 3.29. The van der Waals surface area contributed by atoms with E-state index in [-0.39, 0.29) is 19.0 Å². The lowest BCUT2D eigenvalue weighted by Gasteiger charge is -2.08. The van der Waals surface area contributed by atoms with Gasteiger partial charge in [-0.25, -0.2) is 13.1 Å². The van der Waals surface area contributed by atoms with Crippen LogP contribution in [0.4, 0.5) is 5.69 Å². The van der Waals surface area contributed by atoms with E-state index in [9.17, 15) is 8.42 Å². The van der Waals surface area contributed by atoms with Crippen LogP contribution < -0.4 is 20.5 Å². The van der Waals surface area contributed by atoms with Crippen molar-refractivity contribution in [2.45, 2.75) is 0 Å². The van der Waals surface area contributed by atoms with Crippen molar-refractivity contribution in [3.8, 4) is 5.75 Å². The van der Waals surface area contributed by atoms with Crippen LogP contribution in [0.15, 0.2) is 23.2 Å². The maximum absolute atomic E-state index is 10.8. The van der Waals surface area contributed by atoms with Crippen molar-refractivity contribution in [2.24, 2.45) is 10.7 Å². The van der Waals surface area contributed by atoms with E-state index < -0.39 is 10.0 Å². The second-order valence-corrected chi connectivity index (χ2v) is 6.15. The molecular formula is C11H17ClN4O3S. The van der Waals surface area contributed by atoms with Gasteiger partial charge in [-0.3, -0.25) is 4.99 Å². The van der Waals surface area contributed by atoms with Gasteiger partial charge in [-0.1, -0.05) is 11.6 Å². The fourth-order valence-corrected chi connectivity index (χ4v) is 2.06. The Kier molecular flexibility index (Phi) is 6.05. The Labute approximate surface area is 123 Å². The van der Waals surface area contributed by atoms with Crippen molar-refractivity contribution in [3.63, 3.8) is 0 Å². The summed E-state index contributed by atoms with van der Waals surface area (Å²) < 4.78 is 29.0. The number of nitrogens with one attached hydrogen (secondary N) is 2. The Hall–Kier alpha value is -1.51. The lowest BCUT2D eigenvalue weighted by molar-refractivity contribution is 0.415. The summed E-state index contributed by atoms with van der Waals surface area (Å²) in [5.41, 5.74) is 6.32. The lowest BCUT2D eigenvalue weighted by Crippen LogP contribution is -2.27. The van der Waals surface area contributed by atoms with Crippen LogP contribution in [0.3, 0.4) is 0 Å². The highest BCUT2D eigenvalue weighted by Crippen LogP contribution is 2.26. The zero-order valence-electron chi connectivity index (χ0n) is 11.2. The van der Waals surface area contributed by atoms with Gasteiger partial charge in [0.2, 0.25) is 10.0 Å². The molecule has 0 unspecified atom stereocenters. The lowest BCUT2D eigenvalue weighted by atomic mass is 10.3. The average molecular weight is 321 g/mol. The normalized spacial score (nSPS) is 12.2. The Morgan fingerprint density at radius 2 is 2.20 bits per heavy atom. The summed E-state index contributed by atoms with van der Waals surface area (Å²) in [6, 6.07) is 5.09. The monoisotopic (exact) mass is 320 g/mol. The van der Waals surface area contributed by atoms with Gasteiger partial charge < -0.3 is 15.8 Å². The van der Waals surface area contributed by atoms with E-state index in [4.69, 9.17) is 22.1 Å². The molecule has 7 nitrogen and oxygen atoms in total. The number of ether oxygens (including phenoxy) is 1. The van der Waals surface area contributed by atoms with E-state index in [1.54, 1.807) is 18.2 Å². The molecule has 0 radical (unpaired) electrons. The van der Waals surface area contributed by atoms with Crippen LogP contribution in [-0.4, -0.2) is 40.8 Å². The summed E-state index contributed by atoms with van der Waals surface area (Å²) in [5.74, 6) is 0.728. The number of rotatable bonds is 6. The van der Waals surface area contributed by atoms with E-state index in [0.29, 0.717) is 16.5 Å². The number of halogens is 1. The molecule has 9 heteroatoms. The number of nitrogens with two attached hydrogens (primary N) is 1. The van der Waals surface area contributed by atoms with E-state index in [1.165, 1.54) is 7.11 Å². The first-order valence-corrected chi connectivity index (χ1v) is 7.94. The first-order valence-electron chi connectivity index (χ1n) is 5.67. The van der Waals surface area contributed by atoms with Crippen LogP contribution in [-0.2, 0) is 10.0 Å². The molecule has 20 heavy (non-hydrogen) atoms. The largest absolute Gasteiger partial charge is 0.495 e. The molecule has 0 spiro atoms. The number of benzene rings is 1. The van der Waals surface area contributed by atoms with Gasteiger partial charge in [0.25, 0.3) is 0 Å². The smallest absolute Gasteiger partial charge is 0.208 e. The quantitative estimate of drug-likeness (QED) is 0.405. The fraction of sp³-hybridized carbons (Fsp3) is 0.364. The van der Waals surface area contributed by atoms with E-state index in [1.807, 2.05) is 0 Å². The minimum Gasteiger partial charge on any atom is -0.495 e. The van der Waals surface area contributed by atoms with E-state index in [2.05, 4.69) is 15.0 Å².